The maximum absolute atomic E-state index is 8.72. The third-order valence-corrected chi connectivity index (χ3v) is 4.76. The summed E-state index contributed by atoms with van der Waals surface area (Å²) in [4.78, 5) is 3.30. The Morgan fingerprint density at radius 3 is 3.10 bits per heavy atom. The Balaban J connectivity index is 2.37. The molecule has 1 aliphatic carbocycles. The van der Waals surface area contributed by atoms with Crippen molar-refractivity contribution in [2.45, 2.75) is 39.5 Å². The lowest BCUT2D eigenvalue weighted by atomic mass is 9.78. The van der Waals surface area contributed by atoms with Gasteiger partial charge in [-0.15, -0.1) is 0 Å². The van der Waals surface area contributed by atoms with E-state index in [1.807, 2.05) is 6.07 Å². The number of H-pyrrole nitrogens is 1. The lowest BCUT2D eigenvalue weighted by Crippen LogP contribution is -2.21. The van der Waals surface area contributed by atoms with Crippen molar-refractivity contribution in [2.75, 3.05) is 0 Å². The summed E-state index contributed by atoms with van der Waals surface area (Å²) >= 11 is 5.35. The number of hydrogen-bond donors (Lipinski definition) is 2. The minimum atomic E-state index is 0.446. The molecule has 0 aromatic carbocycles. The number of aromatic amines is 1. The maximum atomic E-state index is 8.72. The summed E-state index contributed by atoms with van der Waals surface area (Å²) in [6, 6.07) is 4.04. The molecule has 2 rings (SSSR count). The number of rotatable bonds is 3. The zero-order valence-electron chi connectivity index (χ0n) is 12.1. The molecule has 0 aliphatic heterocycles. The molecule has 1 heterocycles. The van der Waals surface area contributed by atoms with Crippen LogP contribution in [0, 0.1) is 27.8 Å². The van der Waals surface area contributed by atoms with E-state index in [0.29, 0.717) is 10.3 Å². The van der Waals surface area contributed by atoms with Crippen LogP contribution >= 0.6 is 12.2 Å². The van der Waals surface area contributed by atoms with E-state index < -0.39 is 0 Å². The monoisotopic (exact) mass is 287 g/mol. The van der Waals surface area contributed by atoms with Crippen LogP contribution in [0.15, 0.2) is 12.1 Å². The third-order valence-electron chi connectivity index (χ3n) is 4.44. The average molecular weight is 287 g/mol. The molecule has 0 saturated carbocycles. The van der Waals surface area contributed by atoms with E-state index in [1.54, 1.807) is 0 Å². The van der Waals surface area contributed by atoms with Gasteiger partial charge < -0.3 is 10.7 Å². The molecule has 106 valence electrons. The number of fused-ring (bicyclic) bond motifs is 1. The Morgan fingerprint density at radius 1 is 1.70 bits per heavy atom. The standard InChI is InChI=1S/C16H21N3S/c1-3-10(2)11-4-5-15-12(8-11)9-13(16(20)19-15)14(18)6-7-17/h6,9-11H,3-5,8,18H2,1-2H3,(H,19,20)/b14-6-. The van der Waals surface area contributed by atoms with Crippen molar-refractivity contribution in [3.8, 4) is 6.07 Å². The van der Waals surface area contributed by atoms with E-state index in [4.69, 9.17) is 23.2 Å². The molecule has 2 atom stereocenters. The summed E-state index contributed by atoms with van der Waals surface area (Å²) in [6.07, 6.45) is 5.90. The van der Waals surface area contributed by atoms with Crippen molar-refractivity contribution in [1.82, 2.24) is 4.98 Å². The van der Waals surface area contributed by atoms with Gasteiger partial charge in [-0.2, -0.15) is 5.26 Å². The van der Waals surface area contributed by atoms with Crippen LogP contribution in [-0.2, 0) is 12.8 Å². The van der Waals surface area contributed by atoms with Crippen molar-refractivity contribution in [3.05, 3.63) is 33.6 Å². The number of allylic oxidation sites excluding steroid dienone is 1. The van der Waals surface area contributed by atoms with Crippen LogP contribution in [0.3, 0.4) is 0 Å². The van der Waals surface area contributed by atoms with Gasteiger partial charge in [-0.05, 0) is 42.7 Å². The van der Waals surface area contributed by atoms with E-state index >= 15 is 0 Å². The van der Waals surface area contributed by atoms with Crippen molar-refractivity contribution in [3.63, 3.8) is 0 Å². The van der Waals surface area contributed by atoms with E-state index in [1.165, 1.54) is 30.2 Å². The summed E-state index contributed by atoms with van der Waals surface area (Å²) in [5.41, 5.74) is 9.69. The second-order valence-electron chi connectivity index (χ2n) is 5.63. The molecule has 1 aromatic rings. The van der Waals surface area contributed by atoms with Gasteiger partial charge in [-0.3, -0.25) is 0 Å². The fourth-order valence-electron chi connectivity index (χ4n) is 2.91. The highest BCUT2D eigenvalue weighted by molar-refractivity contribution is 7.71. The van der Waals surface area contributed by atoms with Crippen molar-refractivity contribution >= 4 is 17.9 Å². The van der Waals surface area contributed by atoms with Crippen LogP contribution in [0.1, 0.15) is 43.5 Å². The first-order chi connectivity index (χ1) is 9.56. The first-order valence-corrected chi connectivity index (χ1v) is 7.58. The third kappa shape index (κ3) is 2.94. The molecular weight excluding hydrogens is 266 g/mol. The van der Waals surface area contributed by atoms with Gasteiger partial charge in [0.2, 0.25) is 0 Å². The molecule has 0 bridgehead atoms. The Kier molecular flexibility index (Phi) is 4.61. The van der Waals surface area contributed by atoms with Gasteiger partial charge in [0.1, 0.15) is 4.64 Å². The smallest absolute Gasteiger partial charge is 0.112 e. The van der Waals surface area contributed by atoms with Crippen molar-refractivity contribution < 1.29 is 0 Å². The van der Waals surface area contributed by atoms with Crippen LogP contribution in [0.2, 0.25) is 0 Å². The van der Waals surface area contributed by atoms with Gasteiger partial charge in [0.05, 0.1) is 11.8 Å². The van der Waals surface area contributed by atoms with Gasteiger partial charge in [0.25, 0.3) is 0 Å². The number of nitrogens with one attached hydrogen (secondary N) is 1. The van der Waals surface area contributed by atoms with Gasteiger partial charge in [-0.25, -0.2) is 0 Å². The largest absolute Gasteiger partial charge is 0.398 e. The fraction of sp³-hybridized carbons (Fsp3) is 0.500. The molecule has 1 aliphatic rings. The molecule has 2 unspecified atom stereocenters. The summed E-state index contributed by atoms with van der Waals surface area (Å²) in [5, 5.41) is 8.72. The predicted octanol–water partition coefficient (Wildman–Crippen LogP) is 3.72. The zero-order valence-corrected chi connectivity index (χ0v) is 12.9. The molecule has 0 fully saturated rings. The van der Waals surface area contributed by atoms with Crippen LogP contribution in [0.4, 0.5) is 0 Å². The molecule has 4 heteroatoms. The van der Waals surface area contributed by atoms with E-state index in [-0.39, 0.29) is 0 Å². The Hall–Kier alpha value is -1.60. The number of nitrogens with two attached hydrogens (primary N) is 1. The van der Waals surface area contributed by atoms with Gasteiger partial charge in [0.15, 0.2) is 0 Å². The normalized spacial score (nSPS) is 20.1. The number of pyridine rings is 1. The van der Waals surface area contributed by atoms with Gasteiger partial charge in [0, 0.05) is 17.3 Å². The minimum Gasteiger partial charge on any atom is -0.398 e. The number of nitrogens with zero attached hydrogens (tertiary/aromatic N) is 1. The Morgan fingerprint density at radius 2 is 2.45 bits per heavy atom. The molecule has 20 heavy (non-hydrogen) atoms. The topological polar surface area (TPSA) is 65.6 Å². The molecular formula is C16H21N3S. The average Bonchev–Trinajstić information content (AvgIpc) is 2.45. The molecule has 0 saturated heterocycles. The predicted molar refractivity (Wildman–Crippen MR) is 84.4 cm³/mol. The summed E-state index contributed by atoms with van der Waals surface area (Å²) in [5.74, 6) is 1.47. The number of hydrogen-bond acceptors (Lipinski definition) is 3. The highest BCUT2D eigenvalue weighted by atomic mass is 32.1. The highest BCUT2D eigenvalue weighted by Gasteiger charge is 2.23. The molecule has 3 N–H and O–H groups in total. The van der Waals surface area contributed by atoms with Gasteiger partial charge >= 0.3 is 0 Å². The van der Waals surface area contributed by atoms with Crippen molar-refractivity contribution in [2.24, 2.45) is 17.6 Å². The van der Waals surface area contributed by atoms with E-state index in [0.717, 1.165) is 30.2 Å². The zero-order chi connectivity index (χ0) is 14.7. The first-order valence-electron chi connectivity index (χ1n) is 7.17. The number of nitriles is 1. The van der Waals surface area contributed by atoms with Crippen LogP contribution < -0.4 is 5.73 Å². The summed E-state index contributed by atoms with van der Waals surface area (Å²) in [6.45, 7) is 4.57. The molecule has 0 spiro atoms. The van der Waals surface area contributed by atoms with E-state index in [9.17, 15) is 0 Å². The number of aromatic nitrogens is 1. The van der Waals surface area contributed by atoms with Crippen LogP contribution in [0.5, 0.6) is 0 Å². The second kappa shape index (κ2) is 6.23. The summed E-state index contributed by atoms with van der Waals surface area (Å²) in [7, 11) is 0. The molecule has 3 nitrogen and oxygen atoms in total. The maximum Gasteiger partial charge on any atom is 0.112 e. The number of aryl methyl sites for hydroxylation is 1. The van der Waals surface area contributed by atoms with E-state index in [2.05, 4.69) is 24.9 Å². The highest BCUT2D eigenvalue weighted by Crippen LogP contribution is 2.32. The second-order valence-corrected chi connectivity index (χ2v) is 6.04. The lowest BCUT2D eigenvalue weighted by molar-refractivity contribution is 0.310. The SMILES string of the molecule is CCC(C)C1CCc2[nH]c(=S)c(/C(N)=C/C#N)cc2C1. The quantitative estimate of drug-likeness (QED) is 0.658. The molecule has 1 aromatic heterocycles. The van der Waals surface area contributed by atoms with Crippen LogP contribution in [-0.4, -0.2) is 4.98 Å². The summed E-state index contributed by atoms with van der Waals surface area (Å²) < 4.78 is 0.634. The minimum absolute atomic E-state index is 0.446. The first kappa shape index (κ1) is 14.8. The molecule has 0 amide bonds. The Labute approximate surface area is 125 Å². The van der Waals surface area contributed by atoms with Gasteiger partial charge in [-0.1, -0.05) is 32.5 Å². The van der Waals surface area contributed by atoms with Crippen LogP contribution in [0.25, 0.3) is 5.70 Å². The van der Waals surface area contributed by atoms with Crippen molar-refractivity contribution in [1.29, 1.82) is 5.26 Å². The lowest BCUT2D eigenvalue weighted by Gasteiger charge is -2.29. The fourth-order valence-corrected chi connectivity index (χ4v) is 3.21. The Bertz CT molecular complexity index is 622. The molecule has 0 radical (unpaired) electrons.